The Hall–Kier alpha value is -3.40. The van der Waals surface area contributed by atoms with Crippen molar-refractivity contribution in [2.75, 3.05) is 0 Å². The quantitative estimate of drug-likeness (QED) is 0.301. The van der Waals surface area contributed by atoms with Crippen molar-refractivity contribution in [3.8, 4) is 5.69 Å². The minimum atomic E-state index is -0.188. The zero-order valence-electron chi connectivity index (χ0n) is 16.3. The predicted octanol–water partition coefficient (Wildman–Crippen LogP) is 7.02. The van der Waals surface area contributed by atoms with Crippen LogP contribution in [-0.4, -0.2) is 9.55 Å². The van der Waals surface area contributed by atoms with Gasteiger partial charge in [-0.05, 0) is 52.7 Å². The van der Waals surface area contributed by atoms with Gasteiger partial charge in [0.1, 0.15) is 5.82 Å². The number of halogens is 2. The van der Waals surface area contributed by atoms with Gasteiger partial charge < -0.3 is 0 Å². The van der Waals surface area contributed by atoms with Crippen molar-refractivity contribution < 1.29 is 0 Å². The number of fused-ring (bicyclic) bond motifs is 2. The van der Waals surface area contributed by atoms with Gasteiger partial charge in [-0.15, -0.1) is 0 Å². The van der Waals surface area contributed by atoms with Gasteiger partial charge in [0, 0.05) is 5.02 Å². The van der Waals surface area contributed by atoms with Crippen LogP contribution in [0.2, 0.25) is 10.0 Å². The molecular formula is C26H16Cl2N2O. The van der Waals surface area contributed by atoms with E-state index in [2.05, 4.69) is 18.2 Å². The Morgan fingerprint density at radius 2 is 1.52 bits per heavy atom. The van der Waals surface area contributed by atoms with Gasteiger partial charge in [-0.25, -0.2) is 4.98 Å². The molecule has 0 radical (unpaired) electrons. The second-order valence-corrected chi connectivity index (χ2v) is 7.97. The second-order valence-electron chi connectivity index (χ2n) is 7.13. The highest BCUT2D eigenvalue weighted by atomic mass is 35.5. The molecule has 0 fully saturated rings. The van der Waals surface area contributed by atoms with Gasteiger partial charge in [0.25, 0.3) is 5.56 Å². The Bertz CT molecular complexity index is 1530. The monoisotopic (exact) mass is 442 g/mol. The molecule has 0 unspecified atom stereocenters. The van der Waals surface area contributed by atoms with Gasteiger partial charge in [0.2, 0.25) is 0 Å². The highest BCUT2D eigenvalue weighted by Gasteiger charge is 2.14. The first-order chi connectivity index (χ1) is 15.1. The number of hydrogen-bond acceptors (Lipinski definition) is 2. The van der Waals surface area contributed by atoms with Crippen LogP contribution in [0.25, 0.3) is 39.5 Å². The number of benzene rings is 4. The predicted molar refractivity (Wildman–Crippen MR) is 130 cm³/mol. The summed E-state index contributed by atoms with van der Waals surface area (Å²) in [7, 11) is 0. The summed E-state index contributed by atoms with van der Waals surface area (Å²) < 4.78 is 1.53. The van der Waals surface area contributed by atoms with Crippen molar-refractivity contribution in [3.05, 3.63) is 117 Å². The average molecular weight is 443 g/mol. The van der Waals surface area contributed by atoms with E-state index in [9.17, 15) is 4.79 Å². The van der Waals surface area contributed by atoms with Gasteiger partial charge >= 0.3 is 0 Å². The largest absolute Gasteiger partial charge is 0.268 e. The summed E-state index contributed by atoms with van der Waals surface area (Å²) in [6.45, 7) is 0. The molecule has 0 aliphatic carbocycles. The van der Waals surface area contributed by atoms with Crippen LogP contribution in [0.3, 0.4) is 0 Å². The summed E-state index contributed by atoms with van der Waals surface area (Å²) in [6.07, 6.45) is 3.82. The van der Waals surface area contributed by atoms with Crippen LogP contribution in [0, 0.1) is 0 Å². The van der Waals surface area contributed by atoms with E-state index in [1.165, 1.54) is 4.57 Å². The van der Waals surface area contributed by atoms with E-state index in [4.69, 9.17) is 28.2 Å². The molecule has 3 nitrogen and oxygen atoms in total. The van der Waals surface area contributed by atoms with Crippen LogP contribution in [0.5, 0.6) is 0 Å². The molecule has 0 aliphatic heterocycles. The Balaban J connectivity index is 1.76. The third-order valence-electron chi connectivity index (χ3n) is 5.19. The number of hydrogen-bond donors (Lipinski definition) is 0. The molecule has 0 spiro atoms. The van der Waals surface area contributed by atoms with Gasteiger partial charge in [0.15, 0.2) is 0 Å². The molecule has 0 aliphatic rings. The van der Waals surface area contributed by atoms with E-state index >= 15 is 0 Å². The molecule has 150 valence electrons. The van der Waals surface area contributed by atoms with Crippen molar-refractivity contribution in [1.29, 1.82) is 0 Å². The third-order valence-corrected chi connectivity index (χ3v) is 5.73. The van der Waals surface area contributed by atoms with Crippen molar-refractivity contribution in [1.82, 2.24) is 9.55 Å². The molecule has 0 bridgehead atoms. The standard InChI is InChI=1S/C26H16Cl2N2O/c27-19-13-14-24(22(28)16-19)30-25(29-23-11-4-3-10-21(23)26(30)31)15-12-18-8-5-7-17-6-1-2-9-20(17)18/h1-16H/b15-12+. The van der Waals surface area contributed by atoms with Crippen molar-refractivity contribution in [3.63, 3.8) is 0 Å². The molecule has 0 saturated heterocycles. The number of nitrogens with zero attached hydrogens (tertiary/aromatic N) is 2. The summed E-state index contributed by atoms with van der Waals surface area (Å²) in [4.78, 5) is 18.2. The summed E-state index contributed by atoms with van der Waals surface area (Å²) >= 11 is 12.5. The first-order valence-corrected chi connectivity index (χ1v) is 10.5. The Morgan fingerprint density at radius 1 is 0.774 bits per heavy atom. The summed E-state index contributed by atoms with van der Waals surface area (Å²) in [5, 5.41) is 3.68. The van der Waals surface area contributed by atoms with Crippen LogP contribution < -0.4 is 5.56 Å². The Morgan fingerprint density at radius 3 is 2.35 bits per heavy atom. The smallest absolute Gasteiger partial charge is 0.266 e. The van der Waals surface area contributed by atoms with Crippen LogP contribution >= 0.6 is 23.2 Å². The van der Waals surface area contributed by atoms with Gasteiger partial charge in [0.05, 0.1) is 21.6 Å². The Kier molecular flexibility index (Phi) is 5.06. The zero-order valence-corrected chi connectivity index (χ0v) is 17.8. The second kappa shape index (κ2) is 8.03. The highest BCUT2D eigenvalue weighted by molar-refractivity contribution is 6.35. The Labute approximate surface area is 188 Å². The van der Waals surface area contributed by atoms with Gasteiger partial charge in [-0.1, -0.05) is 83.9 Å². The molecule has 4 aromatic carbocycles. The molecule has 5 heteroatoms. The lowest BCUT2D eigenvalue weighted by atomic mass is 10.0. The fourth-order valence-electron chi connectivity index (χ4n) is 3.72. The van der Waals surface area contributed by atoms with Crippen molar-refractivity contribution in [2.45, 2.75) is 0 Å². The van der Waals surface area contributed by atoms with Crippen LogP contribution in [0.4, 0.5) is 0 Å². The topological polar surface area (TPSA) is 34.9 Å². The summed E-state index contributed by atoms with van der Waals surface area (Å²) in [5.74, 6) is 0.487. The maximum atomic E-state index is 13.4. The minimum Gasteiger partial charge on any atom is -0.268 e. The molecule has 31 heavy (non-hydrogen) atoms. The van der Waals surface area contributed by atoms with E-state index in [-0.39, 0.29) is 5.56 Å². The van der Waals surface area contributed by atoms with E-state index in [1.54, 1.807) is 24.3 Å². The first kappa shape index (κ1) is 19.6. The lowest BCUT2D eigenvalue weighted by molar-refractivity contribution is 0.944. The van der Waals surface area contributed by atoms with Crippen LogP contribution in [0.15, 0.2) is 89.7 Å². The number of para-hydroxylation sites is 1. The normalized spacial score (nSPS) is 11.5. The molecule has 0 N–H and O–H groups in total. The summed E-state index contributed by atoms with van der Waals surface area (Å²) in [6, 6.07) is 26.7. The number of rotatable bonds is 3. The molecule has 1 heterocycles. The van der Waals surface area contributed by atoms with Gasteiger partial charge in [-0.3, -0.25) is 9.36 Å². The molecular weight excluding hydrogens is 427 g/mol. The van der Waals surface area contributed by atoms with E-state index in [0.29, 0.717) is 32.5 Å². The van der Waals surface area contributed by atoms with Crippen LogP contribution in [-0.2, 0) is 0 Å². The van der Waals surface area contributed by atoms with Crippen molar-refractivity contribution in [2.24, 2.45) is 0 Å². The molecule has 0 atom stereocenters. The fourth-order valence-corrected chi connectivity index (χ4v) is 4.21. The van der Waals surface area contributed by atoms with Gasteiger partial charge in [-0.2, -0.15) is 0 Å². The maximum Gasteiger partial charge on any atom is 0.266 e. The van der Waals surface area contributed by atoms with E-state index in [1.807, 2.05) is 54.6 Å². The minimum absolute atomic E-state index is 0.188. The first-order valence-electron chi connectivity index (χ1n) is 9.75. The summed E-state index contributed by atoms with van der Waals surface area (Å²) in [5.41, 5.74) is 2.01. The van der Waals surface area contributed by atoms with E-state index in [0.717, 1.165) is 16.3 Å². The lowest BCUT2D eigenvalue weighted by Gasteiger charge is -2.13. The lowest BCUT2D eigenvalue weighted by Crippen LogP contribution is -2.22. The SMILES string of the molecule is O=c1c2ccccc2nc(/C=C/c2cccc3ccccc23)n1-c1ccc(Cl)cc1Cl. The fraction of sp³-hybridized carbons (Fsp3) is 0. The van der Waals surface area contributed by atoms with Crippen molar-refractivity contribution >= 4 is 57.0 Å². The molecule has 1 aromatic heterocycles. The third kappa shape index (κ3) is 3.63. The molecule has 5 aromatic rings. The zero-order chi connectivity index (χ0) is 21.4. The molecule has 0 amide bonds. The number of aromatic nitrogens is 2. The molecule has 0 saturated carbocycles. The van der Waals surface area contributed by atoms with E-state index < -0.39 is 0 Å². The molecule has 5 rings (SSSR count). The highest BCUT2D eigenvalue weighted by Crippen LogP contribution is 2.26. The average Bonchev–Trinajstić information content (AvgIpc) is 2.78. The maximum absolute atomic E-state index is 13.4. The van der Waals surface area contributed by atoms with Crippen LogP contribution in [0.1, 0.15) is 11.4 Å².